The van der Waals surface area contributed by atoms with Crippen LogP contribution in [0.3, 0.4) is 0 Å². The van der Waals surface area contributed by atoms with Crippen LogP contribution in [0.25, 0.3) is 0 Å². The molecule has 0 saturated heterocycles. The lowest BCUT2D eigenvalue weighted by Crippen LogP contribution is -2.42. The molecule has 1 aliphatic rings. The molecular weight excluding hydrogens is 235 g/mol. The summed E-state index contributed by atoms with van der Waals surface area (Å²) in [6.07, 6.45) is -2.84. The van der Waals surface area contributed by atoms with Crippen molar-refractivity contribution in [2.24, 2.45) is 0 Å². The van der Waals surface area contributed by atoms with Crippen molar-refractivity contribution in [1.82, 2.24) is 5.32 Å². The number of hydrogen-bond acceptors (Lipinski definition) is 3. The zero-order valence-electron chi connectivity index (χ0n) is 10.0. The topological polar surface area (TPSA) is 38.3 Å². The molecule has 0 amide bonds. The molecule has 0 aromatic heterocycles. The van der Waals surface area contributed by atoms with Gasteiger partial charge in [-0.2, -0.15) is 13.2 Å². The second-order valence-corrected chi connectivity index (χ2v) is 4.71. The summed E-state index contributed by atoms with van der Waals surface area (Å²) in [4.78, 5) is 10.7. The van der Waals surface area contributed by atoms with E-state index < -0.39 is 18.2 Å². The zero-order chi connectivity index (χ0) is 13.1. The molecule has 100 valence electrons. The number of carbonyl (C=O) groups excluding carboxylic acids is 1. The average Bonchev–Trinajstić information content (AvgIpc) is 2.15. The summed E-state index contributed by atoms with van der Waals surface area (Å²) in [6, 6.07) is 0.409. The number of hydrogen-bond donors (Lipinski definition) is 1. The average molecular weight is 253 g/mol. The van der Waals surface area contributed by atoms with E-state index in [1.165, 1.54) is 0 Å². The van der Waals surface area contributed by atoms with Gasteiger partial charge < -0.3 is 10.1 Å². The second kappa shape index (κ2) is 5.71. The summed E-state index contributed by atoms with van der Waals surface area (Å²) < 4.78 is 40.5. The van der Waals surface area contributed by atoms with Crippen LogP contribution in [0.15, 0.2) is 0 Å². The largest absolute Gasteiger partial charge is 0.490 e. The standard InChI is InChI=1S/C11H18F3NO2/c1-7(2)15-8-4-3-5-9(6-8)17-10(16)11(12,13)14/h7-9,15H,3-6H2,1-2H3. The normalized spacial score (nSPS) is 26.0. The quantitative estimate of drug-likeness (QED) is 0.785. The summed E-state index contributed by atoms with van der Waals surface area (Å²) >= 11 is 0. The Morgan fingerprint density at radius 1 is 1.35 bits per heavy atom. The Labute approximate surface area is 98.7 Å². The van der Waals surface area contributed by atoms with E-state index in [2.05, 4.69) is 10.1 Å². The van der Waals surface area contributed by atoms with E-state index in [1.54, 1.807) is 0 Å². The van der Waals surface area contributed by atoms with Crippen molar-refractivity contribution in [3.05, 3.63) is 0 Å². The third kappa shape index (κ3) is 4.93. The highest BCUT2D eigenvalue weighted by atomic mass is 19.4. The lowest BCUT2D eigenvalue weighted by atomic mass is 9.92. The number of esters is 1. The molecule has 0 aromatic carbocycles. The number of halogens is 3. The van der Waals surface area contributed by atoms with E-state index in [1.807, 2.05) is 13.8 Å². The first kappa shape index (κ1) is 14.3. The fourth-order valence-corrected chi connectivity index (χ4v) is 2.09. The van der Waals surface area contributed by atoms with Crippen LogP contribution in [0.2, 0.25) is 0 Å². The molecule has 1 aliphatic carbocycles. The minimum Gasteiger partial charge on any atom is -0.456 e. The number of rotatable bonds is 3. The van der Waals surface area contributed by atoms with Crippen molar-refractivity contribution in [2.75, 3.05) is 0 Å². The van der Waals surface area contributed by atoms with Gasteiger partial charge >= 0.3 is 12.1 Å². The van der Waals surface area contributed by atoms with Gasteiger partial charge in [-0.05, 0) is 25.7 Å². The maximum Gasteiger partial charge on any atom is 0.490 e. The lowest BCUT2D eigenvalue weighted by Gasteiger charge is -2.31. The maximum absolute atomic E-state index is 12.0. The van der Waals surface area contributed by atoms with Crippen molar-refractivity contribution in [1.29, 1.82) is 0 Å². The monoisotopic (exact) mass is 253 g/mol. The van der Waals surface area contributed by atoms with Gasteiger partial charge in [0.1, 0.15) is 6.10 Å². The predicted molar refractivity (Wildman–Crippen MR) is 56.5 cm³/mol. The highest BCUT2D eigenvalue weighted by Crippen LogP contribution is 2.25. The molecular formula is C11H18F3NO2. The van der Waals surface area contributed by atoms with Gasteiger partial charge in [0.25, 0.3) is 0 Å². The van der Waals surface area contributed by atoms with Crippen LogP contribution >= 0.6 is 0 Å². The molecule has 0 bridgehead atoms. The molecule has 17 heavy (non-hydrogen) atoms. The first-order valence-corrected chi connectivity index (χ1v) is 5.83. The van der Waals surface area contributed by atoms with Gasteiger partial charge in [0.2, 0.25) is 0 Å². The SMILES string of the molecule is CC(C)NC1CCCC(OC(=O)C(F)(F)F)C1. The van der Waals surface area contributed by atoms with Gasteiger partial charge in [-0.25, -0.2) is 4.79 Å². The van der Waals surface area contributed by atoms with E-state index in [4.69, 9.17) is 0 Å². The predicted octanol–water partition coefficient (Wildman–Crippen LogP) is 2.40. The first-order chi connectivity index (χ1) is 7.79. The first-order valence-electron chi connectivity index (χ1n) is 5.83. The Morgan fingerprint density at radius 3 is 2.53 bits per heavy atom. The molecule has 2 atom stereocenters. The van der Waals surface area contributed by atoms with Crippen molar-refractivity contribution in [3.63, 3.8) is 0 Å². The van der Waals surface area contributed by atoms with Gasteiger partial charge in [-0.1, -0.05) is 13.8 Å². The number of ether oxygens (including phenoxy) is 1. The molecule has 2 unspecified atom stereocenters. The van der Waals surface area contributed by atoms with Gasteiger partial charge in [-0.3, -0.25) is 0 Å². The van der Waals surface area contributed by atoms with Crippen LogP contribution in [-0.2, 0) is 9.53 Å². The summed E-state index contributed by atoms with van der Waals surface area (Å²) in [5, 5.41) is 3.25. The van der Waals surface area contributed by atoms with Gasteiger partial charge in [-0.15, -0.1) is 0 Å². The molecule has 6 heteroatoms. The summed E-state index contributed by atoms with van der Waals surface area (Å²) in [6.45, 7) is 3.96. The smallest absolute Gasteiger partial charge is 0.456 e. The lowest BCUT2D eigenvalue weighted by molar-refractivity contribution is -0.206. The van der Waals surface area contributed by atoms with E-state index >= 15 is 0 Å². The van der Waals surface area contributed by atoms with Gasteiger partial charge in [0, 0.05) is 12.1 Å². The van der Waals surface area contributed by atoms with Crippen LogP contribution in [-0.4, -0.2) is 30.3 Å². The van der Waals surface area contributed by atoms with E-state index in [0.29, 0.717) is 12.8 Å². The Morgan fingerprint density at radius 2 is 2.00 bits per heavy atom. The highest BCUT2D eigenvalue weighted by molar-refractivity contribution is 5.75. The molecule has 1 saturated carbocycles. The molecule has 0 radical (unpaired) electrons. The molecule has 1 fully saturated rings. The summed E-state index contributed by atoms with van der Waals surface area (Å²) in [5.41, 5.74) is 0. The fraction of sp³-hybridized carbons (Fsp3) is 0.909. The molecule has 1 rings (SSSR count). The zero-order valence-corrected chi connectivity index (χ0v) is 10.0. The Kier molecular flexibility index (Phi) is 4.80. The Bertz CT molecular complexity index is 266. The molecule has 0 heterocycles. The number of alkyl halides is 3. The molecule has 1 N–H and O–H groups in total. The van der Waals surface area contributed by atoms with Crippen LogP contribution in [0.5, 0.6) is 0 Å². The second-order valence-electron chi connectivity index (χ2n) is 4.71. The van der Waals surface area contributed by atoms with Crippen LogP contribution < -0.4 is 5.32 Å². The van der Waals surface area contributed by atoms with E-state index in [9.17, 15) is 18.0 Å². The number of carbonyl (C=O) groups is 1. The van der Waals surface area contributed by atoms with Crippen LogP contribution in [0.4, 0.5) is 13.2 Å². The fourth-order valence-electron chi connectivity index (χ4n) is 2.09. The third-order valence-corrected chi connectivity index (χ3v) is 2.70. The molecule has 0 aliphatic heterocycles. The minimum atomic E-state index is -4.89. The van der Waals surface area contributed by atoms with Crippen molar-refractivity contribution >= 4 is 5.97 Å². The minimum absolute atomic E-state index is 0.134. The highest BCUT2D eigenvalue weighted by Gasteiger charge is 2.42. The van der Waals surface area contributed by atoms with Gasteiger partial charge in [0.05, 0.1) is 0 Å². The maximum atomic E-state index is 12.0. The van der Waals surface area contributed by atoms with Gasteiger partial charge in [0.15, 0.2) is 0 Å². The van der Waals surface area contributed by atoms with E-state index in [-0.39, 0.29) is 12.1 Å². The molecule has 3 nitrogen and oxygen atoms in total. The molecule has 0 aromatic rings. The third-order valence-electron chi connectivity index (χ3n) is 2.70. The Balaban J connectivity index is 2.42. The molecule has 0 spiro atoms. The van der Waals surface area contributed by atoms with Crippen LogP contribution in [0.1, 0.15) is 39.5 Å². The number of nitrogens with one attached hydrogen (secondary N) is 1. The Hall–Kier alpha value is -0.780. The van der Waals surface area contributed by atoms with E-state index in [0.717, 1.165) is 12.8 Å². The van der Waals surface area contributed by atoms with Crippen LogP contribution in [0, 0.1) is 0 Å². The summed E-state index contributed by atoms with van der Waals surface area (Å²) in [5.74, 6) is -2.08. The summed E-state index contributed by atoms with van der Waals surface area (Å²) in [7, 11) is 0. The van der Waals surface area contributed by atoms with Crippen molar-refractivity contribution in [2.45, 2.75) is 63.9 Å². The van der Waals surface area contributed by atoms with Crippen molar-refractivity contribution < 1.29 is 22.7 Å². The van der Waals surface area contributed by atoms with Crippen molar-refractivity contribution in [3.8, 4) is 0 Å².